The van der Waals surface area contributed by atoms with Gasteiger partial charge in [-0.05, 0) is 12.3 Å². The van der Waals surface area contributed by atoms with Crippen LogP contribution in [0.1, 0.15) is 33.1 Å². The molecule has 3 N–H and O–H groups in total. The van der Waals surface area contributed by atoms with E-state index in [9.17, 15) is 13.2 Å². The van der Waals surface area contributed by atoms with Gasteiger partial charge in [-0.3, -0.25) is 5.84 Å². The Kier molecular flexibility index (Phi) is 5.32. The molecule has 0 spiro atoms. The summed E-state index contributed by atoms with van der Waals surface area (Å²) in [6.07, 6.45) is -2.83. The van der Waals surface area contributed by atoms with Gasteiger partial charge in [-0.1, -0.05) is 26.7 Å². The highest BCUT2D eigenvalue weighted by molar-refractivity contribution is 4.72. The van der Waals surface area contributed by atoms with E-state index in [0.29, 0.717) is 12.3 Å². The van der Waals surface area contributed by atoms with Crippen LogP contribution in [0.2, 0.25) is 0 Å². The van der Waals surface area contributed by atoms with Gasteiger partial charge in [-0.15, -0.1) is 0 Å². The molecule has 0 aliphatic heterocycles. The third-order valence-corrected chi connectivity index (χ3v) is 1.87. The molecule has 13 heavy (non-hydrogen) atoms. The Bertz CT molecular complexity index is 134. The molecule has 0 fully saturated rings. The van der Waals surface area contributed by atoms with E-state index in [4.69, 9.17) is 5.84 Å². The number of nitrogens with two attached hydrogens (primary N) is 1. The van der Waals surface area contributed by atoms with Gasteiger partial charge in [0.25, 0.3) is 0 Å². The molecule has 80 valence electrons. The van der Waals surface area contributed by atoms with E-state index < -0.39 is 12.2 Å². The summed E-state index contributed by atoms with van der Waals surface area (Å²) in [6, 6.07) is -1.56. The molecule has 0 saturated heterocycles. The van der Waals surface area contributed by atoms with Crippen molar-refractivity contribution in [2.75, 3.05) is 0 Å². The number of hydrazine groups is 1. The minimum absolute atomic E-state index is 0.0537. The molecule has 0 aliphatic rings. The lowest BCUT2D eigenvalue weighted by atomic mass is 10.0. The van der Waals surface area contributed by atoms with Crippen molar-refractivity contribution in [3.63, 3.8) is 0 Å². The lowest BCUT2D eigenvalue weighted by molar-refractivity contribution is -0.157. The fourth-order valence-electron chi connectivity index (χ4n) is 1.07. The Morgan fingerprint density at radius 3 is 2.08 bits per heavy atom. The zero-order chi connectivity index (χ0) is 10.5. The highest BCUT2D eigenvalue weighted by Crippen LogP contribution is 2.23. The second-order valence-electron chi connectivity index (χ2n) is 3.59. The Hall–Kier alpha value is -0.290. The maximum absolute atomic E-state index is 12.1. The van der Waals surface area contributed by atoms with Gasteiger partial charge in [0.1, 0.15) is 6.04 Å². The molecule has 5 heteroatoms. The number of hydrogen-bond donors (Lipinski definition) is 2. The first kappa shape index (κ1) is 12.7. The fourth-order valence-corrected chi connectivity index (χ4v) is 1.07. The van der Waals surface area contributed by atoms with Crippen LogP contribution in [0.4, 0.5) is 13.2 Å². The van der Waals surface area contributed by atoms with Crippen molar-refractivity contribution in [3.8, 4) is 0 Å². The van der Waals surface area contributed by atoms with Crippen molar-refractivity contribution in [1.82, 2.24) is 5.43 Å². The van der Waals surface area contributed by atoms with Crippen LogP contribution >= 0.6 is 0 Å². The number of hydrogen-bond acceptors (Lipinski definition) is 2. The van der Waals surface area contributed by atoms with Crippen LogP contribution in [0, 0.1) is 5.92 Å². The number of alkyl halides is 3. The van der Waals surface area contributed by atoms with Crippen LogP contribution in [-0.2, 0) is 0 Å². The molecular formula is C8H17F3N2. The third kappa shape index (κ3) is 5.87. The maximum Gasteiger partial charge on any atom is 0.405 e. The molecule has 0 amide bonds. The van der Waals surface area contributed by atoms with E-state index in [1.807, 2.05) is 13.8 Å². The molecule has 0 aromatic heterocycles. The molecule has 1 unspecified atom stereocenters. The van der Waals surface area contributed by atoms with E-state index in [1.54, 1.807) is 5.43 Å². The van der Waals surface area contributed by atoms with Gasteiger partial charge in [-0.25, -0.2) is 5.43 Å². The monoisotopic (exact) mass is 198 g/mol. The molecule has 1 atom stereocenters. The molecule has 0 saturated carbocycles. The highest BCUT2D eigenvalue weighted by Gasteiger charge is 2.38. The van der Waals surface area contributed by atoms with Gasteiger partial charge < -0.3 is 0 Å². The van der Waals surface area contributed by atoms with Crippen LogP contribution in [0.5, 0.6) is 0 Å². The quantitative estimate of drug-likeness (QED) is 0.525. The summed E-state index contributed by atoms with van der Waals surface area (Å²) in [7, 11) is 0. The van der Waals surface area contributed by atoms with Gasteiger partial charge in [0.05, 0.1) is 0 Å². The number of halogens is 3. The normalized spacial score (nSPS) is 15.0. The van der Waals surface area contributed by atoms with Crippen LogP contribution in [-0.4, -0.2) is 12.2 Å². The van der Waals surface area contributed by atoms with Crippen molar-refractivity contribution in [3.05, 3.63) is 0 Å². The second kappa shape index (κ2) is 5.44. The molecule has 0 aromatic carbocycles. The summed E-state index contributed by atoms with van der Waals surface area (Å²) in [4.78, 5) is 0. The predicted octanol–water partition coefficient (Wildman–Crippen LogP) is 2.21. The molecule has 0 rings (SSSR count). The topological polar surface area (TPSA) is 38.0 Å². The first-order chi connectivity index (χ1) is 5.88. The molecule has 0 bridgehead atoms. The van der Waals surface area contributed by atoms with Crippen LogP contribution in [0.25, 0.3) is 0 Å². The Morgan fingerprint density at radius 2 is 1.77 bits per heavy atom. The van der Waals surface area contributed by atoms with E-state index >= 15 is 0 Å². The van der Waals surface area contributed by atoms with E-state index in [-0.39, 0.29) is 6.42 Å². The van der Waals surface area contributed by atoms with E-state index in [1.165, 1.54) is 0 Å². The first-order valence-electron chi connectivity index (χ1n) is 4.40. The summed E-state index contributed by atoms with van der Waals surface area (Å²) >= 11 is 0. The van der Waals surface area contributed by atoms with Gasteiger partial charge in [0.15, 0.2) is 0 Å². The standard InChI is InChI=1S/C8H17F3N2/c1-6(2)4-3-5-7(13-12)8(9,10)11/h6-7,13H,3-5,12H2,1-2H3. The lowest BCUT2D eigenvalue weighted by Gasteiger charge is -2.19. The summed E-state index contributed by atoms with van der Waals surface area (Å²) in [5, 5.41) is 0. The minimum Gasteiger partial charge on any atom is -0.271 e. The summed E-state index contributed by atoms with van der Waals surface area (Å²) < 4.78 is 36.3. The molecule has 2 nitrogen and oxygen atoms in total. The summed E-state index contributed by atoms with van der Waals surface area (Å²) in [6.45, 7) is 3.97. The summed E-state index contributed by atoms with van der Waals surface area (Å²) in [5.41, 5.74) is 1.79. The maximum atomic E-state index is 12.1. The number of nitrogens with one attached hydrogen (secondary N) is 1. The first-order valence-corrected chi connectivity index (χ1v) is 4.40. The smallest absolute Gasteiger partial charge is 0.271 e. The van der Waals surface area contributed by atoms with Crippen LogP contribution < -0.4 is 11.3 Å². The SMILES string of the molecule is CC(C)CCCC(NN)C(F)(F)F. The zero-order valence-electron chi connectivity index (χ0n) is 7.99. The van der Waals surface area contributed by atoms with Gasteiger partial charge in [0, 0.05) is 0 Å². The molecular weight excluding hydrogens is 181 g/mol. The Labute approximate surface area is 76.7 Å². The van der Waals surface area contributed by atoms with Crippen LogP contribution in [0.15, 0.2) is 0 Å². The number of rotatable bonds is 5. The lowest BCUT2D eigenvalue weighted by Crippen LogP contribution is -2.45. The average molecular weight is 198 g/mol. The van der Waals surface area contributed by atoms with E-state index in [2.05, 4.69) is 0 Å². The highest BCUT2D eigenvalue weighted by atomic mass is 19.4. The fraction of sp³-hybridized carbons (Fsp3) is 1.00. The minimum atomic E-state index is -4.23. The van der Waals surface area contributed by atoms with Gasteiger partial charge in [0.2, 0.25) is 0 Å². The molecule has 0 aliphatic carbocycles. The van der Waals surface area contributed by atoms with Crippen molar-refractivity contribution >= 4 is 0 Å². The van der Waals surface area contributed by atoms with Crippen molar-refractivity contribution < 1.29 is 13.2 Å². The summed E-state index contributed by atoms with van der Waals surface area (Å²) in [5.74, 6) is 5.24. The zero-order valence-corrected chi connectivity index (χ0v) is 7.99. The van der Waals surface area contributed by atoms with Crippen molar-refractivity contribution in [2.45, 2.75) is 45.3 Å². The third-order valence-electron chi connectivity index (χ3n) is 1.87. The Morgan fingerprint density at radius 1 is 1.23 bits per heavy atom. The van der Waals surface area contributed by atoms with Crippen molar-refractivity contribution in [1.29, 1.82) is 0 Å². The average Bonchev–Trinajstić information content (AvgIpc) is 1.95. The molecule has 0 aromatic rings. The Balaban J connectivity index is 3.73. The molecule has 0 heterocycles. The van der Waals surface area contributed by atoms with Gasteiger partial charge in [-0.2, -0.15) is 13.2 Å². The second-order valence-corrected chi connectivity index (χ2v) is 3.59. The largest absolute Gasteiger partial charge is 0.405 e. The predicted molar refractivity (Wildman–Crippen MR) is 45.9 cm³/mol. The van der Waals surface area contributed by atoms with Crippen molar-refractivity contribution in [2.24, 2.45) is 11.8 Å². The van der Waals surface area contributed by atoms with Crippen LogP contribution in [0.3, 0.4) is 0 Å². The molecule has 0 radical (unpaired) electrons. The van der Waals surface area contributed by atoms with Gasteiger partial charge >= 0.3 is 6.18 Å². The van der Waals surface area contributed by atoms with E-state index in [0.717, 1.165) is 6.42 Å².